The van der Waals surface area contributed by atoms with E-state index in [1.54, 1.807) is 26.4 Å². The zero-order valence-electron chi connectivity index (χ0n) is 14.9. The molecule has 2 aromatic carbocycles. The number of methoxy groups -OCH3 is 2. The minimum Gasteiger partial charge on any atom is -0.493 e. The number of halogens is 2. The second-order valence-corrected chi connectivity index (χ2v) is 6.39. The normalized spacial score (nSPS) is 15.1. The number of anilines is 2. The fraction of sp³-hybridized carbons (Fsp3) is 0.211. The van der Waals surface area contributed by atoms with Gasteiger partial charge in [-0.3, -0.25) is 5.10 Å². The summed E-state index contributed by atoms with van der Waals surface area (Å²) >= 11 is 0. The van der Waals surface area contributed by atoms with Crippen molar-refractivity contribution in [3.05, 3.63) is 41.5 Å². The molecule has 2 N–H and O–H groups in total. The van der Waals surface area contributed by atoms with Gasteiger partial charge in [0.25, 0.3) is 0 Å². The molecule has 0 amide bonds. The van der Waals surface area contributed by atoms with Gasteiger partial charge in [0, 0.05) is 17.5 Å². The van der Waals surface area contributed by atoms with Crippen LogP contribution < -0.4 is 24.3 Å². The Bertz CT molecular complexity index is 1100. The van der Waals surface area contributed by atoms with E-state index in [0.29, 0.717) is 29.4 Å². The first-order valence-electron chi connectivity index (χ1n) is 8.47. The van der Waals surface area contributed by atoms with Crippen LogP contribution in [0, 0.1) is 0 Å². The minimum atomic E-state index is -3.68. The molecule has 9 heteroatoms. The van der Waals surface area contributed by atoms with Gasteiger partial charge in [-0.25, -0.2) is 0 Å². The third-order valence-electron chi connectivity index (χ3n) is 4.79. The van der Waals surface area contributed by atoms with Crippen LogP contribution in [-0.4, -0.2) is 30.7 Å². The first-order chi connectivity index (χ1) is 13.5. The number of aromatic amines is 1. The van der Waals surface area contributed by atoms with Crippen LogP contribution in [0.25, 0.3) is 11.3 Å². The number of ether oxygens (including phenoxy) is 4. The van der Waals surface area contributed by atoms with Gasteiger partial charge in [-0.2, -0.15) is 5.10 Å². The summed E-state index contributed by atoms with van der Waals surface area (Å²) in [5.74, 6) is 1.70. The summed E-state index contributed by atoms with van der Waals surface area (Å²) < 4.78 is 46.7. The van der Waals surface area contributed by atoms with E-state index in [1.165, 1.54) is 6.07 Å². The number of para-hydroxylation sites is 1. The van der Waals surface area contributed by atoms with Crippen LogP contribution in [0.1, 0.15) is 11.1 Å². The molecule has 0 radical (unpaired) electrons. The predicted molar refractivity (Wildman–Crippen MR) is 95.9 cm³/mol. The lowest BCUT2D eigenvalue weighted by Gasteiger charge is -2.10. The first kappa shape index (κ1) is 16.7. The van der Waals surface area contributed by atoms with Crippen molar-refractivity contribution in [2.45, 2.75) is 12.7 Å². The SMILES string of the molecule is COc1cc2c(cc1OC)-c1[nH]nc(Nc3cccc4c3OC(F)(F)O4)c1C2. The van der Waals surface area contributed by atoms with E-state index in [4.69, 9.17) is 9.47 Å². The second kappa shape index (κ2) is 5.75. The van der Waals surface area contributed by atoms with Crippen LogP contribution in [0.15, 0.2) is 30.3 Å². The molecular formula is C19H15F2N3O4. The molecule has 1 aliphatic carbocycles. The molecule has 0 atom stereocenters. The number of benzene rings is 2. The number of fused-ring (bicyclic) bond motifs is 4. The summed E-state index contributed by atoms with van der Waals surface area (Å²) in [7, 11) is 3.16. The van der Waals surface area contributed by atoms with Crippen LogP contribution in [0.5, 0.6) is 23.0 Å². The highest BCUT2D eigenvalue weighted by Gasteiger charge is 2.44. The number of alkyl halides is 2. The van der Waals surface area contributed by atoms with Crippen molar-refractivity contribution in [2.24, 2.45) is 0 Å². The number of aromatic nitrogens is 2. The van der Waals surface area contributed by atoms with Crippen LogP contribution in [0.4, 0.5) is 20.3 Å². The third kappa shape index (κ3) is 2.43. The maximum Gasteiger partial charge on any atom is 0.586 e. The Balaban J connectivity index is 1.50. The summed E-state index contributed by atoms with van der Waals surface area (Å²) in [4.78, 5) is 0. The Morgan fingerprint density at radius 3 is 2.71 bits per heavy atom. The van der Waals surface area contributed by atoms with E-state index in [9.17, 15) is 8.78 Å². The smallest absolute Gasteiger partial charge is 0.493 e. The number of H-pyrrole nitrogens is 1. The largest absolute Gasteiger partial charge is 0.586 e. The molecular weight excluding hydrogens is 372 g/mol. The van der Waals surface area contributed by atoms with Crippen molar-refractivity contribution in [1.29, 1.82) is 0 Å². The first-order valence-corrected chi connectivity index (χ1v) is 8.47. The van der Waals surface area contributed by atoms with Gasteiger partial charge in [0.05, 0.1) is 25.6 Å². The Hall–Kier alpha value is -3.49. The van der Waals surface area contributed by atoms with Gasteiger partial charge < -0.3 is 24.3 Å². The van der Waals surface area contributed by atoms with Crippen molar-refractivity contribution in [2.75, 3.05) is 19.5 Å². The predicted octanol–water partition coefficient (Wildman–Crippen LogP) is 4.06. The molecule has 0 spiro atoms. The molecule has 3 aromatic rings. The lowest BCUT2D eigenvalue weighted by molar-refractivity contribution is -0.286. The highest BCUT2D eigenvalue weighted by Crippen LogP contribution is 2.48. The minimum absolute atomic E-state index is 0.0278. The van der Waals surface area contributed by atoms with Crippen LogP contribution in [-0.2, 0) is 6.42 Å². The van der Waals surface area contributed by atoms with Gasteiger partial charge in [-0.1, -0.05) is 6.07 Å². The van der Waals surface area contributed by atoms with Gasteiger partial charge >= 0.3 is 6.29 Å². The number of hydrogen-bond donors (Lipinski definition) is 2. The molecule has 2 aliphatic rings. The summed E-state index contributed by atoms with van der Waals surface area (Å²) in [5.41, 5.74) is 4.10. The van der Waals surface area contributed by atoms with Crippen molar-refractivity contribution in [3.8, 4) is 34.3 Å². The number of nitrogens with one attached hydrogen (secondary N) is 2. The van der Waals surface area contributed by atoms with Gasteiger partial charge in [-0.05, 0) is 29.8 Å². The summed E-state index contributed by atoms with van der Waals surface area (Å²) in [6.45, 7) is 0. The van der Waals surface area contributed by atoms with Crippen LogP contribution in [0.3, 0.4) is 0 Å². The van der Waals surface area contributed by atoms with Crippen LogP contribution >= 0.6 is 0 Å². The lowest BCUT2D eigenvalue weighted by Crippen LogP contribution is -2.26. The summed E-state index contributed by atoms with van der Waals surface area (Å²) in [5, 5.41) is 10.4. The number of rotatable bonds is 4. The topological polar surface area (TPSA) is 77.6 Å². The highest BCUT2D eigenvalue weighted by atomic mass is 19.3. The molecule has 0 saturated heterocycles. The average Bonchev–Trinajstić information content (AvgIpc) is 3.31. The van der Waals surface area contributed by atoms with Crippen molar-refractivity contribution >= 4 is 11.5 Å². The highest BCUT2D eigenvalue weighted by molar-refractivity contribution is 5.82. The molecule has 0 saturated carbocycles. The Kier molecular flexibility index (Phi) is 3.42. The summed E-state index contributed by atoms with van der Waals surface area (Å²) in [6, 6.07) is 8.45. The monoisotopic (exact) mass is 387 g/mol. The standard InChI is InChI=1S/C19H15F2N3O4/c1-25-14-7-9-6-11-16(10(9)8-15(14)26-2)23-24-18(11)22-12-4-3-5-13-17(12)28-19(20,21)27-13/h3-5,7-8H,6H2,1-2H3,(H2,22,23,24). The zero-order valence-corrected chi connectivity index (χ0v) is 14.9. The van der Waals surface area contributed by atoms with Crippen molar-refractivity contribution in [1.82, 2.24) is 10.2 Å². The fourth-order valence-electron chi connectivity index (χ4n) is 3.55. The van der Waals surface area contributed by atoms with Gasteiger partial charge in [0.15, 0.2) is 28.8 Å². The van der Waals surface area contributed by atoms with E-state index < -0.39 is 6.29 Å². The van der Waals surface area contributed by atoms with Gasteiger partial charge in [-0.15, -0.1) is 8.78 Å². The molecule has 5 rings (SSSR count). The van der Waals surface area contributed by atoms with Crippen molar-refractivity contribution in [3.63, 3.8) is 0 Å². The summed E-state index contributed by atoms with van der Waals surface area (Å²) in [6.07, 6.45) is -3.08. The molecule has 0 bridgehead atoms. The Morgan fingerprint density at radius 1 is 1.14 bits per heavy atom. The fourth-order valence-corrected chi connectivity index (χ4v) is 3.55. The third-order valence-corrected chi connectivity index (χ3v) is 4.79. The Labute approximate surface area is 158 Å². The molecule has 28 heavy (non-hydrogen) atoms. The van der Waals surface area contributed by atoms with E-state index >= 15 is 0 Å². The zero-order chi connectivity index (χ0) is 19.5. The molecule has 7 nitrogen and oxygen atoms in total. The number of hydrogen-bond acceptors (Lipinski definition) is 6. The molecule has 1 aromatic heterocycles. The lowest BCUT2D eigenvalue weighted by atomic mass is 10.1. The van der Waals surface area contributed by atoms with E-state index in [-0.39, 0.29) is 11.5 Å². The maximum absolute atomic E-state index is 13.4. The quantitative estimate of drug-likeness (QED) is 0.550. The number of nitrogens with zero attached hydrogens (tertiary/aromatic N) is 1. The van der Waals surface area contributed by atoms with Crippen molar-refractivity contribution < 1.29 is 27.7 Å². The molecule has 2 heterocycles. The van der Waals surface area contributed by atoms with E-state index in [2.05, 4.69) is 25.0 Å². The average molecular weight is 387 g/mol. The molecule has 144 valence electrons. The van der Waals surface area contributed by atoms with Gasteiger partial charge in [0.1, 0.15) is 0 Å². The van der Waals surface area contributed by atoms with Gasteiger partial charge in [0.2, 0.25) is 0 Å². The molecule has 0 fully saturated rings. The molecule has 1 aliphatic heterocycles. The van der Waals surface area contributed by atoms with E-state index in [1.807, 2.05) is 12.1 Å². The maximum atomic E-state index is 13.4. The second-order valence-electron chi connectivity index (χ2n) is 6.39. The Morgan fingerprint density at radius 2 is 1.93 bits per heavy atom. The molecule has 0 unspecified atom stereocenters. The van der Waals surface area contributed by atoms with Crippen LogP contribution in [0.2, 0.25) is 0 Å². The van der Waals surface area contributed by atoms with E-state index in [0.717, 1.165) is 22.4 Å².